The molecule has 7 nitrogen and oxygen atoms in total. The number of hydrogen-bond donors (Lipinski definition) is 2. The highest BCUT2D eigenvalue weighted by atomic mass is 127. The molecule has 0 unspecified atom stereocenters. The molecule has 0 amide bonds. The largest absolute Gasteiger partial charge is 0.493 e. The lowest BCUT2D eigenvalue weighted by Crippen LogP contribution is -2.39. The molecule has 29 heavy (non-hydrogen) atoms. The lowest BCUT2D eigenvalue weighted by molar-refractivity contribution is 0.187. The summed E-state index contributed by atoms with van der Waals surface area (Å²) in [5.74, 6) is 3.52. The molecule has 0 atom stereocenters. The molecule has 2 N–H and O–H groups in total. The monoisotopic (exact) mass is 520 g/mol. The maximum absolute atomic E-state index is 5.42. The molecule has 1 fully saturated rings. The third-order valence-electron chi connectivity index (χ3n) is 5.41. The second kappa shape index (κ2) is 13.7. The molecule has 1 aromatic carbocycles. The Kier molecular flexibility index (Phi) is 12.1. The molecular weight excluding hydrogens is 483 g/mol. The topological polar surface area (TPSA) is 67.4 Å². The van der Waals surface area contributed by atoms with E-state index in [0.717, 1.165) is 24.0 Å². The molecule has 0 aromatic heterocycles. The summed E-state index contributed by atoms with van der Waals surface area (Å²) in [5, 5.41) is 6.79. The lowest BCUT2D eigenvalue weighted by atomic mass is 9.93. The number of benzene rings is 1. The number of aliphatic imine (C=N–C) groups is 1. The van der Waals surface area contributed by atoms with Gasteiger partial charge in [-0.15, -0.1) is 24.0 Å². The van der Waals surface area contributed by atoms with Crippen LogP contribution in [0.5, 0.6) is 17.2 Å². The van der Waals surface area contributed by atoms with Crippen LogP contribution in [0.1, 0.15) is 31.7 Å². The molecule has 1 aliphatic rings. The second-order valence-corrected chi connectivity index (χ2v) is 7.05. The minimum Gasteiger partial charge on any atom is -0.493 e. The number of piperidine rings is 1. The standard InChI is InChI=1S/C21H36N4O3.HI/c1-6-25-11-8-16(9-12-25)7-10-23-21(22-2)24-15-17-13-18(26-3)20(28-5)19(14-17)27-4;/h13-14,16H,6-12,15H2,1-5H3,(H2,22,23,24);1H. The van der Waals surface area contributed by atoms with Crippen LogP contribution in [-0.4, -0.2) is 65.4 Å². The highest BCUT2D eigenvalue weighted by Crippen LogP contribution is 2.38. The van der Waals surface area contributed by atoms with Crippen LogP contribution in [0.15, 0.2) is 17.1 Å². The molecule has 1 aromatic rings. The number of likely N-dealkylation sites (tertiary alicyclic amines) is 1. The highest BCUT2D eigenvalue weighted by molar-refractivity contribution is 14.0. The van der Waals surface area contributed by atoms with Crippen molar-refractivity contribution in [3.05, 3.63) is 17.7 Å². The Morgan fingerprint density at radius 2 is 1.69 bits per heavy atom. The quantitative estimate of drug-likeness (QED) is 0.297. The van der Waals surface area contributed by atoms with E-state index >= 15 is 0 Å². The minimum absolute atomic E-state index is 0. The van der Waals surface area contributed by atoms with E-state index in [-0.39, 0.29) is 24.0 Å². The summed E-state index contributed by atoms with van der Waals surface area (Å²) in [5.41, 5.74) is 1.03. The molecule has 0 aliphatic carbocycles. The van der Waals surface area contributed by atoms with Gasteiger partial charge in [-0.25, -0.2) is 0 Å². The van der Waals surface area contributed by atoms with E-state index in [1.165, 1.54) is 38.9 Å². The van der Waals surface area contributed by atoms with Crippen molar-refractivity contribution in [1.82, 2.24) is 15.5 Å². The van der Waals surface area contributed by atoms with Crippen molar-refractivity contribution in [3.63, 3.8) is 0 Å². The van der Waals surface area contributed by atoms with Crippen LogP contribution in [-0.2, 0) is 6.54 Å². The van der Waals surface area contributed by atoms with E-state index in [0.29, 0.717) is 23.8 Å². The third-order valence-corrected chi connectivity index (χ3v) is 5.41. The summed E-state index contributed by atoms with van der Waals surface area (Å²) in [6.07, 6.45) is 3.78. The summed E-state index contributed by atoms with van der Waals surface area (Å²) in [7, 11) is 6.65. The fourth-order valence-electron chi connectivity index (χ4n) is 3.63. The Morgan fingerprint density at radius 1 is 1.07 bits per heavy atom. The van der Waals surface area contributed by atoms with Gasteiger partial charge in [0.2, 0.25) is 5.75 Å². The average Bonchev–Trinajstić information content (AvgIpc) is 2.75. The molecule has 8 heteroatoms. The summed E-state index contributed by atoms with van der Waals surface area (Å²) < 4.78 is 16.2. The molecule has 0 radical (unpaired) electrons. The Balaban J connectivity index is 0.00000420. The molecule has 166 valence electrons. The number of nitrogens with zero attached hydrogens (tertiary/aromatic N) is 2. The number of guanidine groups is 1. The SMILES string of the molecule is CCN1CCC(CCNC(=NC)NCc2cc(OC)c(OC)c(OC)c2)CC1.I. The first-order chi connectivity index (χ1) is 13.6. The first-order valence-corrected chi connectivity index (χ1v) is 10.1. The van der Waals surface area contributed by atoms with Gasteiger partial charge in [0.15, 0.2) is 17.5 Å². The van der Waals surface area contributed by atoms with Gasteiger partial charge in [0.05, 0.1) is 21.3 Å². The molecule has 1 saturated heterocycles. The first-order valence-electron chi connectivity index (χ1n) is 10.1. The summed E-state index contributed by atoms with van der Waals surface area (Å²) in [6, 6.07) is 3.90. The van der Waals surface area contributed by atoms with Gasteiger partial charge in [-0.1, -0.05) is 6.92 Å². The maximum Gasteiger partial charge on any atom is 0.203 e. The van der Waals surface area contributed by atoms with Gasteiger partial charge in [-0.2, -0.15) is 0 Å². The summed E-state index contributed by atoms with van der Waals surface area (Å²) in [6.45, 7) is 7.43. The minimum atomic E-state index is 0. The predicted molar refractivity (Wildman–Crippen MR) is 129 cm³/mol. The van der Waals surface area contributed by atoms with Crippen molar-refractivity contribution in [2.45, 2.75) is 32.7 Å². The summed E-state index contributed by atoms with van der Waals surface area (Å²) >= 11 is 0. The third kappa shape index (κ3) is 7.73. The van der Waals surface area contributed by atoms with Crippen LogP contribution in [0.2, 0.25) is 0 Å². The number of halogens is 1. The second-order valence-electron chi connectivity index (χ2n) is 7.05. The number of hydrogen-bond acceptors (Lipinski definition) is 5. The molecule has 1 aliphatic heterocycles. The number of rotatable bonds is 9. The average molecular weight is 520 g/mol. The van der Waals surface area contributed by atoms with Crippen LogP contribution in [0, 0.1) is 5.92 Å². The first kappa shape index (κ1) is 25.6. The Labute approximate surface area is 192 Å². The molecule has 0 bridgehead atoms. The number of methoxy groups -OCH3 is 3. The highest BCUT2D eigenvalue weighted by Gasteiger charge is 2.18. The van der Waals surface area contributed by atoms with Crippen LogP contribution < -0.4 is 24.8 Å². The lowest BCUT2D eigenvalue weighted by Gasteiger charge is -2.31. The van der Waals surface area contributed by atoms with E-state index in [9.17, 15) is 0 Å². The van der Waals surface area contributed by atoms with Gasteiger partial charge in [0.1, 0.15) is 0 Å². The number of nitrogens with one attached hydrogen (secondary N) is 2. The van der Waals surface area contributed by atoms with E-state index in [2.05, 4.69) is 27.4 Å². The Hall–Kier alpha value is -1.42. The van der Waals surface area contributed by atoms with Crippen LogP contribution in [0.25, 0.3) is 0 Å². The molecular formula is C21H37IN4O3. The molecule has 0 saturated carbocycles. The van der Waals surface area contributed by atoms with Gasteiger partial charge < -0.3 is 29.7 Å². The van der Waals surface area contributed by atoms with Crippen molar-refractivity contribution in [2.24, 2.45) is 10.9 Å². The fourth-order valence-corrected chi connectivity index (χ4v) is 3.63. The Morgan fingerprint density at radius 3 is 2.17 bits per heavy atom. The summed E-state index contributed by atoms with van der Waals surface area (Å²) in [4.78, 5) is 6.86. The van der Waals surface area contributed by atoms with E-state index in [4.69, 9.17) is 14.2 Å². The van der Waals surface area contributed by atoms with Gasteiger partial charge >= 0.3 is 0 Å². The molecule has 2 rings (SSSR count). The van der Waals surface area contributed by atoms with Gasteiger partial charge in [0, 0.05) is 20.1 Å². The van der Waals surface area contributed by atoms with Crippen LogP contribution in [0.3, 0.4) is 0 Å². The zero-order chi connectivity index (χ0) is 20.4. The van der Waals surface area contributed by atoms with E-state index in [1.807, 2.05) is 12.1 Å². The van der Waals surface area contributed by atoms with Crippen LogP contribution >= 0.6 is 24.0 Å². The van der Waals surface area contributed by atoms with Gasteiger partial charge in [-0.3, -0.25) is 4.99 Å². The fraction of sp³-hybridized carbons (Fsp3) is 0.667. The van der Waals surface area contributed by atoms with Gasteiger partial charge in [-0.05, 0) is 62.5 Å². The normalized spacial score (nSPS) is 15.4. The maximum atomic E-state index is 5.42. The zero-order valence-corrected chi connectivity index (χ0v) is 20.7. The smallest absolute Gasteiger partial charge is 0.203 e. The van der Waals surface area contributed by atoms with Crippen LogP contribution in [0.4, 0.5) is 0 Å². The van der Waals surface area contributed by atoms with Crippen molar-refractivity contribution < 1.29 is 14.2 Å². The molecule has 1 heterocycles. The van der Waals surface area contributed by atoms with Crippen molar-refractivity contribution in [3.8, 4) is 17.2 Å². The van der Waals surface area contributed by atoms with Crippen molar-refractivity contribution in [1.29, 1.82) is 0 Å². The van der Waals surface area contributed by atoms with Crippen molar-refractivity contribution in [2.75, 3.05) is 54.6 Å². The van der Waals surface area contributed by atoms with E-state index < -0.39 is 0 Å². The van der Waals surface area contributed by atoms with Crippen molar-refractivity contribution >= 4 is 29.9 Å². The Bertz CT molecular complexity index is 609. The molecule has 0 spiro atoms. The zero-order valence-electron chi connectivity index (χ0n) is 18.4. The predicted octanol–water partition coefficient (Wildman–Crippen LogP) is 3.12. The van der Waals surface area contributed by atoms with Gasteiger partial charge in [0.25, 0.3) is 0 Å². The van der Waals surface area contributed by atoms with E-state index in [1.54, 1.807) is 28.4 Å². The number of ether oxygens (including phenoxy) is 3.